The lowest BCUT2D eigenvalue weighted by Gasteiger charge is -2.38. The summed E-state index contributed by atoms with van der Waals surface area (Å²) in [6.07, 6.45) is -0.275. The van der Waals surface area contributed by atoms with E-state index in [1.165, 1.54) is 5.69 Å². The summed E-state index contributed by atoms with van der Waals surface area (Å²) < 4.78 is 11.9. The number of carbonyl (C=O) groups is 1. The summed E-state index contributed by atoms with van der Waals surface area (Å²) in [6, 6.07) is 18.2. The van der Waals surface area contributed by atoms with Crippen molar-refractivity contribution >= 4 is 28.9 Å². The third-order valence-corrected chi connectivity index (χ3v) is 6.23. The summed E-state index contributed by atoms with van der Waals surface area (Å²) in [5.41, 5.74) is 2.88. The molecule has 2 atom stereocenters. The molecule has 5 rings (SSSR count). The molecule has 29 heavy (non-hydrogen) atoms. The fraction of sp³-hybridized carbons (Fsp3) is 0.409. The molecule has 152 valence electrons. The molecule has 0 N–H and O–H groups in total. The van der Waals surface area contributed by atoms with Gasteiger partial charge in [0.25, 0.3) is 11.7 Å². The lowest BCUT2D eigenvalue weighted by atomic mass is 10.1. The fourth-order valence-corrected chi connectivity index (χ4v) is 4.51. The topological polar surface area (TPSA) is 45.3 Å². The van der Waals surface area contributed by atoms with Crippen LogP contribution in [0.2, 0.25) is 0 Å². The number of piperazine rings is 1. The van der Waals surface area contributed by atoms with Crippen LogP contribution < -0.4 is 9.80 Å². The maximum Gasteiger partial charge on any atom is 0.293 e. The van der Waals surface area contributed by atoms with Crippen LogP contribution in [-0.2, 0) is 20.1 Å². The number of ether oxygens (including phenoxy) is 2. The van der Waals surface area contributed by atoms with E-state index in [2.05, 4.69) is 34.1 Å². The normalized spacial score (nSPS) is 27.1. The van der Waals surface area contributed by atoms with Crippen molar-refractivity contribution in [1.82, 2.24) is 4.90 Å². The number of hydrogen-bond donors (Lipinski definition) is 0. The Morgan fingerprint density at radius 3 is 2.45 bits per heavy atom. The monoisotopic (exact) mass is 413 g/mol. The average Bonchev–Trinajstić information content (AvgIpc) is 3.32. The van der Waals surface area contributed by atoms with Gasteiger partial charge in [0.15, 0.2) is 0 Å². The van der Waals surface area contributed by atoms with E-state index >= 15 is 0 Å². The van der Waals surface area contributed by atoms with Crippen LogP contribution in [0.1, 0.15) is 5.56 Å². The lowest BCUT2D eigenvalue weighted by Crippen LogP contribution is -2.52. The number of amides is 1. The summed E-state index contributed by atoms with van der Waals surface area (Å²) in [6.45, 7) is 4.49. The molecule has 0 saturated carbocycles. The molecule has 2 unspecified atom stereocenters. The number of hydrogen-bond acceptors (Lipinski definition) is 5. The molecule has 7 heteroatoms. The molecule has 3 aliphatic rings. The summed E-state index contributed by atoms with van der Waals surface area (Å²) in [5, 5.41) is 0. The standard InChI is InChI=1S/C22H24ClN3O3/c23-14-18-15-28-22(29-18)19-8-4-5-9-20(19)26(21(22)27)16-24-10-12-25(13-11-24)17-6-2-1-3-7-17/h1-9,18H,10-16H2. The van der Waals surface area contributed by atoms with Crippen LogP contribution in [-0.4, -0.2) is 62.2 Å². The van der Waals surface area contributed by atoms with E-state index in [0.717, 1.165) is 37.4 Å². The van der Waals surface area contributed by atoms with Gasteiger partial charge in [-0.1, -0.05) is 36.4 Å². The number of fused-ring (bicyclic) bond motifs is 2. The third-order valence-electron chi connectivity index (χ3n) is 5.89. The van der Waals surface area contributed by atoms with Gasteiger partial charge in [0, 0.05) is 37.4 Å². The Morgan fingerprint density at radius 1 is 1.00 bits per heavy atom. The third kappa shape index (κ3) is 3.20. The number of carbonyl (C=O) groups excluding carboxylic acids is 1. The molecule has 0 radical (unpaired) electrons. The maximum absolute atomic E-state index is 13.4. The van der Waals surface area contributed by atoms with Crippen LogP contribution >= 0.6 is 11.6 Å². The average molecular weight is 414 g/mol. The number of alkyl halides is 1. The second-order valence-electron chi connectivity index (χ2n) is 7.65. The highest BCUT2D eigenvalue weighted by Gasteiger charge is 2.58. The highest BCUT2D eigenvalue weighted by Crippen LogP contribution is 2.47. The minimum absolute atomic E-state index is 0.156. The van der Waals surface area contributed by atoms with Crippen LogP contribution in [0.3, 0.4) is 0 Å². The van der Waals surface area contributed by atoms with Gasteiger partial charge in [0.1, 0.15) is 0 Å². The first-order valence-corrected chi connectivity index (χ1v) is 10.6. The molecule has 1 amide bonds. The predicted molar refractivity (Wildman–Crippen MR) is 112 cm³/mol. The van der Waals surface area contributed by atoms with Crippen molar-refractivity contribution in [2.24, 2.45) is 0 Å². The second kappa shape index (κ2) is 7.61. The minimum atomic E-state index is -1.35. The number of halogens is 1. The van der Waals surface area contributed by atoms with Gasteiger partial charge in [0.2, 0.25) is 0 Å². The molecule has 6 nitrogen and oxygen atoms in total. The summed E-state index contributed by atoms with van der Waals surface area (Å²) in [4.78, 5) is 19.9. The summed E-state index contributed by atoms with van der Waals surface area (Å²) in [7, 11) is 0. The molecule has 2 aromatic rings. The highest BCUT2D eigenvalue weighted by atomic mass is 35.5. The highest BCUT2D eigenvalue weighted by molar-refractivity contribution is 6.18. The van der Waals surface area contributed by atoms with Crippen molar-refractivity contribution in [3.63, 3.8) is 0 Å². The Morgan fingerprint density at radius 2 is 1.72 bits per heavy atom. The van der Waals surface area contributed by atoms with E-state index in [1.807, 2.05) is 30.3 Å². The zero-order valence-electron chi connectivity index (χ0n) is 16.2. The molecular formula is C22H24ClN3O3. The second-order valence-corrected chi connectivity index (χ2v) is 7.96. The number of benzene rings is 2. The molecule has 3 heterocycles. The number of anilines is 2. The molecule has 0 aromatic heterocycles. The lowest BCUT2D eigenvalue weighted by molar-refractivity contribution is -0.185. The van der Waals surface area contributed by atoms with Gasteiger partial charge >= 0.3 is 0 Å². The van der Waals surface area contributed by atoms with Crippen molar-refractivity contribution in [3.8, 4) is 0 Å². The van der Waals surface area contributed by atoms with Crippen molar-refractivity contribution < 1.29 is 14.3 Å². The molecular weight excluding hydrogens is 390 g/mol. The molecule has 0 aliphatic carbocycles. The molecule has 2 saturated heterocycles. The SMILES string of the molecule is O=C1N(CN2CCN(c3ccccc3)CC2)c2ccccc2C12OCC(CCl)O2. The van der Waals surface area contributed by atoms with Crippen molar-refractivity contribution in [3.05, 3.63) is 60.2 Å². The Balaban J connectivity index is 1.32. The van der Waals surface area contributed by atoms with Crippen LogP contribution in [0, 0.1) is 0 Å². The Hall–Kier alpha value is -2.12. The van der Waals surface area contributed by atoms with E-state index in [9.17, 15) is 4.79 Å². The Kier molecular flexibility index (Phi) is 4.95. The van der Waals surface area contributed by atoms with Crippen LogP contribution in [0.4, 0.5) is 11.4 Å². The van der Waals surface area contributed by atoms with Crippen LogP contribution in [0.5, 0.6) is 0 Å². The first-order valence-electron chi connectivity index (χ1n) is 10.0. The van der Waals surface area contributed by atoms with E-state index in [1.54, 1.807) is 4.90 Å². The van der Waals surface area contributed by atoms with Gasteiger partial charge < -0.3 is 14.4 Å². The Bertz CT molecular complexity index is 888. The van der Waals surface area contributed by atoms with E-state index in [4.69, 9.17) is 21.1 Å². The van der Waals surface area contributed by atoms with Crippen molar-refractivity contribution in [1.29, 1.82) is 0 Å². The van der Waals surface area contributed by atoms with Gasteiger partial charge in [-0.3, -0.25) is 14.6 Å². The quantitative estimate of drug-likeness (QED) is 0.721. The molecule has 0 bridgehead atoms. The zero-order valence-corrected chi connectivity index (χ0v) is 16.9. The van der Waals surface area contributed by atoms with Gasteiger partial charge in [-0.15, -0.1) is 11.6 Å². The van der Waals surface area contributed by atoms with Crippen molar-refractivity contribution in [2.45, 2.75) is 11.9 Å². The van der Waals surface area contributed by atoms with Crippen LogP contribution in [0.15, 0.2) is 54.6 Å². The zero-order chi connectivity index (χ0) is 19.8. The molecule has 2 aromatic carbocycles. The maximum atomic E-state index is 13.4. The molecule has 2 fully saturated rings. The number of nitrogens with zero attached hydrogens (tertiary/aromatic N) is 3. The number of para-hydroxylation sites is 2. The minimum Gasteiger partial charge on any atom is -0.369 e. The summed E-state index contributed by atoms with van der Waals surface area (Å²) >= 11 is 5.96. The smallest absolute Gasteiger partial charge is 0.293 e. The fourth-order valence-electron chi connectivity index (χ4n) is 4.36. The van der Waals surface area contributed by atoms with Crippen LogP contribution in [0.25, 0.3) is 0 Å². The van der Waals surface area contributed by atoms with Gasteiger partial charge in [-0.25, -0.2) is 0 Å². The summed E-state index contributed by atoms with van der Waals surface area (Å²) in [5.74, 6) is -1.20. The predicted octanol–water partition coefficient (Wildman–Crippen LogP) is 2.62. The molecule has 3 aliphatic heterocycles. The number of rotatable bonds is 4. The molecule has 1 spiro atoms. The van der Waals surface area contributed by atoms with Crippen molar-refractivity contribution in [2.75, 3.05) is 55.1 Å². The largest absolute Gasteiger partial charge is 0.369 e. The first-order chi connectivity index (χ1) is 14.2. The van der Waals surface area contributed by atoms with Gasteiger partial charge in [-0.05, 0) is 18.2 Å². The van der Waals surface area contributed by atoms with E-state index in [-0.39, 0.29) is 12.0 Å². The van der Waals surface area contributed by atoms with E-state index in [0.29, 0.717) is 19.2 Å². The van der Waals surface area contributed by atoms with Gasteiger partial charge in [0.05, 0.1) is 30.9 Å². The van der Waals surface area contributed by atoms with Gasteiger partial charge in [-0.2, -0.15) is 0 Å². The Labute approximate surface area is 175 Å². The van der Waals surface area contributed by atoms with E-state index < -0.39 is 5.79 Å². The first kappa shape index (κ1) is 18.9.